The second-order valence-electron chi connectivity index (χ2n) is 2.90. The number of aromatic carboxylic acids is 1. The van der Waals surface area contributed by atoms with Crippen molar-refractivity contribution in [3.05, 3.63) is 22.8 Å². The van der Waals surface area contributed by atoms with Gasteiger partial charge in [0.2, 0.25) is 0 Å². The predicted molar refractivity (Wildman–Crippen MR) is 58.6 cm³/mol. The van der Waals surface area contributed by atoms with E-state index in [1.165, 1.54) is 23.9 Å². The Bertz CT molecular complexity index is 372. The molecule has 1 unspecified atom stereocenters. The quantitative estimate of drug-likeness (QED) is 0.628. The summed E-state index contributed by atoms with van der Waals surface area (Å²) >= 11 is 6.85. The van der Waals surface area contributed by atoms with Gasteiger partial charge in [-0.05, 0) is 12.1 Å². The van der Waals surface area contributed by atoms with Crippen molar-refractivity contribution < 1.29 is 15.0 Å². The molecule has 0 saturated heterocycles. The van der Waals surface area contributed by atoms with Gasteiger partial charge in [-0.15, -0.1) is 11.8 Å². The van der Waals surface area contributed by atoms with Crippen molar-refractivity contribution >= 4 is 29.3 Å². The third-order valence-electron chi connectivity index (χ3n) is 1.63. The smallest absolute Gasteiger partial charge is 0.338 e. The maximum absolute atomic E-state index is 10.8. The van der Waals surface area contributed by atoms with Gasteiger partial charge in [0, 0.05) is 5.25 Å². The molecular weight excluding hydrogens is 238 g/mol. The summed E-state index contributed by atoms with van der Waals surface area (Å²) in [4.78, 5) is 14.8. The highest BCUT2D eigenvalue weighted by molar-refractivity contribution is 7.99. The number of carboxylic acids is 1. The number of aliphatic hydroxyl groups is 1. The number of thioether (sulfide) groups is 1. The summed E-state index contributed by atoms with van der Waals surface area (Å²) in [5.74, 6) is -1.05. The lowest BCUT2D eigenvalue weighted by atomic mass is 10.3. The van der Waals surface area contributed by atoms with Crippen LogP contribution < -0.4 is 0 Å². The fourth-order valence-corrected chi connectivity index (χ4v) is 1.98. The van der Waals surface area contributed by atoms with Crippen LogP contribution in [-0.2, 0) is 0 Å². The number of halogens is 1. The van der Waals surface area contributed by atoms with Gasteiger partial charge in [-0.2, -0.15) is 0 Å². The standard InChI is InChI=1S/C9H10ClNO3S/c1-5(4-12)15-8-6(9(13)14)2-3-7(10)11-8/h2-3,5,12H,4H2,1H3,(H,13,14). The van der Waals surface area contributed by atoms with Crippen molar-refractivity contribution in [1.82, 2.24) is 4.98 Å². The van der Waals surface area contributed by atoms with E-state index in [2.05, 4.69) is 4.98 Å². The molecule has 2 N–H and O–H groups in total. The van der Waals surface area contributed by atoms with Crippen molar-refractivity contribution in [2.45, 2.75) is 17.2 Å². The minimum atomic E-state index is -1.05. The largest absolute Gasteiger partial charge is 0.478 e. The second-order valence-corrected chi connectivity index (χ2v) is 4.72. The summed E-state index contributed by atoms with van der Waals surface area (Å²) in [6.45, 7) is 1.73. The molecule has 1 aromatic heterocycles. The minimum Gasteiger partial charge on any atom is -0.478 e. The van der Waals surface area contributed by atoms with Crippen molar-refractivity contribution in [3.63, 3.8) is 0 Å². The molecule has 1 aromatic rings. The van der Waals surface area contributed by atoms with Crippen LogP contribution in [0.15, 0.2) is 17.2 Å². The fourth-order valence-electron chi connectivity index (χ4n) is 0.898. The molecule has 0 spiro atoms. The topological polar surface area (TPSA) is 70.4 Å². The first kappa shape index (κ1) is 12.3. The lowest BCUT2D eigenvalue weighted by Crippen LogP contribution is -2.06. The van der Waals surface area contributed by atoms with Crippen LogP contribution in [0.5, 0.6) is 0 Å². The lowest BCUT2D eigenvalue weighted by Gasteiger charge is -2.09. The zero-order valence-electron chi connectivity index (χ0n) is 7.98. The van der Waals surface area contributed by atoms with Crippen molar-refractivity contribution in [1.29, 1.82) is 0 Å². The maximum atomic E-state index is 10.8. The van der Waals surface area contributed by atoms with Gasteiger partial charge >= 0.3 is 5.97 Å². The number of carbonyl (C=O) groups is 1. The monoisotopic (exact) mass is 247 g/mol. The lowest BCUT2D eigenvalue weighted by molar-refractivity contribution is 0.0692. The Balaban J connectivity index is 3.02. The van der Waals surface area contributed by atoms with Crippen LogP contribution in [0.2, 0.25) is 5.15 Å². The van der Waals surface area contributed by atoms with E-state index < -0.39 is 5.97 Å². The molecule has 0 bridgehead atoms. The maximum Gasteiger partial charge on any atom is 0.338 e. The summed E-state index contributed by atoms with van der Waals surface area (Å²) in [7, 11) is 0. The zero-order chi connectivity index (χ0) is 11.4. The summed E-state index contributed by atoms with van der Waals surface area (Å²) < 4.78 is 0. The molecule has 0 fully saturated rings. The Morgan fingerprint density at radius 1 is 1.67 bits per heavy atom. The third kappa shape index (κ3) is 3.37. The molecule has 0 amide bonds. The fraction of sp³-hybridized carbons (Fsp3) is 0.333. The highest BCUT2D eigenvalue weighted by Gasteiger charge is 2.14. The van der Waals surface area contributed by atoms with Gasteiger partial charge in [0.15, 0.2) is 0 Å². The molecule has 15 heavy (non-hydrogen) atoms. The summed E-state index contributed by atoms with van der Waals surface area (Å²) in [6.07, 6.45) is 0. The van der Waals surface area contributed by atoms with Gasteiger partial charge in [0.1, 0.15) is 10.2 Å². The average Bonchev–Trinajstić information content (AvgIpc) is 2.17. The number of carboxylic acid groups (broad SMARTS) is 1. The van der Waals surface area contributed by atoms with E-state index in [4.69, 9.17) is 21.8 Å². The molecule has 1 rings (SSSR count). The molecular formula is C9H10ClNO3S. The molecule has 4 nitrogen and oxygen atoms in total. The van der Waals surface area contributed by atoms with Gasteiger partial charge in [-0.25, -0.2) is 9.78 Å². The number of hydrogen-bond donors (Lipinski definition) is 2. The third-order valence-corrected chi connectivity index (χ3v) is 2.92. The summed E-state index contributed by atoms with van der Waals surface area (Å²) in [5.41, 5.74) is 0.102. The Morgan fingerprint density at radius 2 is 2.33 bits per heavy atom. The van der Waals surface area contributed by atoms with E-state index in [0.29, 0.717) is 5.03 Å². The Hall–Kier alpha value is -0.780. The van der Waals surface area contributed by atoms with Crippen molar-refractivity contribution in [3.8, 4) is 0 Å². The molecule has 0 saturated carbocycles. The van der Waals surface area contributed by atoms with Gasteiger partial charge in [0.05, 0.1) is 12.2 Å². The van der Waals surface area contributed by atoms with Gasteiger partial charge < -0.3 is 10.2 Å². The average molecular weight is 248 g/mol. The molecule has 6 heteroatoms. The van der Waals surface area contributed by atoms with Crippen LogP contribution in [-0.4, -0.2) is 33.0 Å². The highest BCUT2D eigenvalue weighted by atomic mass is 35.5. The number of nitrogens with zero attached hydrogens (tertiary/aromatic N) is 1. The van der Waals surface area contributed by atoms with Crippen LogP contribution in [0.3, 0.4) is 0 Å². The number of rotatable bonds is 4. The van der Waals surface area contributed by atoms with Crippen LogP contribution >= 0.6 is 23.4 Å². The highest BCUT2D eigenvalue weighted by Crippen LogP contribution is 2.26. The molecule has 0 aliphatic heterocycles. The molecule has 0 aromatic carbocycles. The Morgan fingerprint density at radius 3 is 2.87 bits per heavy atom. The predicted octanol–water partition coefficient (Wildman–Crippen LogP) is 1.91. The normalized spacial score (nSPS) is 12.5. The second kappa shape index (κ2) is 5.34. The van der Waals surface area contributed by atoms with E-state index in [1.54, 1.807) is 6.92 Å². The molecule has 0 radical (unpaired) electrons. The van der Waals surface area contributed by atoms with Gasteiger partial charge in [-0.1, -0.05) is 18.5 Å². The van der Waals surface area contributed by atoms with E-state index in [9.17, 15) is 4.79 Å². The first-order valence-electron chi connectivity index (χ1n) is 4.22. The minimum absolute atomic E-state index is 0.0437. The molecule has 0 aliphatic carbocycles. The Kier molecular flexibility index (Phi) is 4.38. The number of aromatic nitrogens is 1. The zero-order valence-corrected chi connectivity index (χ0v) is 9.55. The van der Waals surface area contributed by atoms with E-state index >= 15 is 0 Å². The van der Waals surface area contributed by atoms with Crippen molar-refractivity contribution in [2.75, 3.05) is 6.61 Å². The van der Waals surface area contributed by atoms with Gasteiger partial charge in [-0.3, -0.25) is 0 Å². The van der Waals surface area contributed by atoms with E-state index in [0.717, 1.165) is 0 Å². The van der Waals surface area contributed by atoms with Crippen LogP contribution in [0.1, 0.15) is 17.3 Å². The SMILES string of the molecule is CC(CO)Sc1nc(Cl)ccc1C(=O)O. The van der Waals surface area contributed by atoms with E-state index in [1.807, 2.05) is 0 Å². The van der Waals surface area contributed by atoms with Crippen LogP contribution in [0.4, 0.5) is 0 Å². The first-order chi connectivity index (χ1) is 7.04. The number of pyridine rings is 1. The molecule has 1 atom stereocenters. The number of hydrogen-bond acceptors (Lipinski definition) is 4. The summed E-state index contributed by atoms with van der Waals surface area (Å²) in [5, 5.41) is 18.2. The van der Waals surface area contributed by atoms with Crippen LogP contribution in [0.25, 0.3) is 0 Å². The number of aliphatic hydroxyl groups excluding tert-OH is 1. The first-order valence-corrected chi connectivity index (χ1v) is 5.47. The molecule has 1 heterocycles. The molecule has 82 valence electrons. The molecule has 0 aliphatic rings. The Labute approximate surface area is 96.3 Å². The van der Waals surface area contributed by atoms with Gasteiger partial charge in [0.25, 0.3) is 0 Å². The van der Waals surface area contributed by atoms with Crippen molar-refractivity contribution in [2.24, 2.45) is 0 Å². The van der Waals surface area contributed by atoms with Crippen LogP contribution in [0, 0.1) is 0 Å². The summed E-state index contributed by atoms with van der Waals surface area (Å²) in [6, 6.07) is 2.84. The van der Waals surface area contributed by atoms with E-state index in [-0.39, 0.29) is 22.6 Å².